The molecule has 0 heterocycles. The van der Waals surface area contributed by atoms with Crippen LogP contribution in [0.2, 0.25) is 0 Å². The molecule has 100 valence electrons. The van der Waals surface area contributed by atoms with Crippen LogP contribution in [0.1, 0.15) is 23.7 Å². The summed E-state index contributed by atoms with van der Waals surface area (Å²) in [5.41, 5.74) is -0.102. The van der Waals surface area contributed by atoms with Crippen LogP contribution in [0, 0.1) is 0 Å². The number of aliphatic hydroxyl groups is 1. The highest BCUT2D eigenvalue weighted by Crippen LogP contribution is 2.12. The lowest BCUT2D eigenvalue weighted by Crippen LogP contribution is -2.36. The van der Waals surface area contributed by atoms with E-state index in [0.29, 0.717) is 6.42 Å². The zero-order valence-corrected chi connectivity index (χ0v) is 10.6. The number of sulfonamides is 1. The van der Waals surface area contributed by atoms with Gasteiger partial charge in [-0.15, -0.1) is 0 Å². The van der Waals surface area contributed by atoms with Gasteiger partial charge in [0.15, 0.2) is 0 Å². The van der Waals surface area contributed by atoms with Crippen LogP contribution in [0.4, 0.5) is 0 Å². The Morgan fingerprint density at radius 3 is 2.61 bits per heavy atom. The van der Waals surface area contributed by atoms with Crippen molar-refractivity contribution in [1.82, 2.24) is 4.72 Å². The summed E-state index contributed by atoms with van der Waals surface area (Å²) in [6.45, 7) is 1.42. The highest BCUT2D eigenvalue weighted by molar-refractivity contribution is 7.89. The Kier molecular flexibility index (Phi) is 4.83. The van der Waals surface area contributed by atoms with Crippen LogP contribution >= 0.6 is 0 Å². The summed E-state index contributed by atoms with van der Waals surface area (Å²) in [4.78, 5) is 10.6. The number of hydrogen-bond donors (Lipinski definition) is 3. The summed E-state index contributed by atoms with van der Waals surface area (Å²) < 4.78 is 26.1. The molecule has 0 saturated carbocycles. The minimum absolute atomic E-state index is 0.102. The van der Waals surface area contributed by atoms with E-state index in [0.717, 1.165) is 6.07 Å². The van der Waals surface area contributed by atoms with Crippen molar-refractivity contribution in [2.45, 2.75) is 24.3 Å². The van der Waals surface area contributed by atoms with Crippen molar-refractivity contribution in [3.05, 3.63) is 29.8 Å². The second-order valence-corrected chi connectivity index (χ2v) is 5.46. The maximum absolute atomic E-state index is 11.9. The summed E-state index contributed by atoms with van der Waals surface area (Å²) in [6, 6.07) is 4.47. The van der Waals surface area contributed by atoms with E-state index in [1.165, 1.54) is 18.2 Å². The number of carboxylic acid groups (broad SMARTS) is 1. The van der Waals surface area contributed by atoms with Gasteiger partial charge in [0.1, 0.15) is 0 Å². The van der Waals surface area contributed by atoms with Crippen molar-refractivity contribution >= 4 is 16.0 Å². The van der Waals surface area contributed by atoms with E-state index in [4.69, 9.17) is 10.2 Å². The Balaban J connectivity index is 3.05. The highest BCUT2D eigenvalue weighted by Gasteiger charge is 2.19. The summed E-state index contributed by atoms with van der Waals surface area (Å²) in [5.74, 6) is -1.19. The van der Waals surface area contributed by atoms with Crippen LogP contribution in [-0.4, -0.2) is 37.2 Å². The first-order valence-corrected chi connectivity index (χ1v) is 6.85. The standard InChI is InChI=1S/C11H15NO5S/c1-2-9(7-13)12-18(16,17)10-5-3-4-8(6-10)11(14)15/h3-6,9,12-13H,2,7H2,1H3,(H,14,15). The predicted molar refractivity (Wildman–Crippen MR) is 64.9 cm³/mol. The number of aromatic carboxylic acids is 1. The normalized spacial score (nSPS) is 13.2. The van der Waals surface area contributed by atoms with Gasteiger partial charge >= 0.3 is 5.97 Å². The Morgan fingerprint density at radius 2 is 2.11 bits per heavy atom. The first-order valence-electron chi connectivity index (χ1n) is 5.37. The molecule has 0 aliphatic carbocycles. The maximum atomic E-state index is 11.9. The van der Waals surface area contributed by atoms with Crippen molar-refractivity contribution in [1.29, 1.82) is 0 Å². The Morgan fingerprint density at radius 1 is 1.44 bits per heavy atom. The summed E-state index contributed by atoms with van der Waals surface area (Å²) >= 11 is 0. The van der Waals surface area contributed by atoms with Crippen LogP contribution < -0.4 is 4.72 Å². The van der Waals surface area contributed by atoms with Gasteiger partial charge < -0.3 is 10.2 Å². The van der Waals surface area contributed by atoms with Gasteiger partial charge in [-0.3, -0.25) is 0 Å². The molecular weight excluding hydrogens is 258 g/mol. The number of hydrogen-bond acceptors (Lipinski definition) is 4. The van der Waals surface area contributed by atoms with Crippen LogP contribution in [0.5, 0.6) is 0 Å². The monoisotopic (exact) mass is 273 g/mol. The van der Waals surface area contributed by atoms with Crippen LogP contribution in [-0.2, 0) is 10.0 Å². The zero-order chi connectivity index (χ0) is 13.8. The van der Waals surface area contributed by atoms with Gasteiger partial charge in [0.25, 0.3) is 0 Å². The van der Waals surface area contributed by atoms with E-state index in [9.17, 15) is 13.2 Å². The molecule has 0 aliphatic rings. The summed E-state index contributed by atoms with van der Waals surface area (Å²) in [6.07, 6.45) is 0.439. The van der Waals surface area contributed by atoms with Gasteiger partial charge in [0, 0.05) is 6.04 Å². The Bertz CT molecular complexity index is 522. The third-order valence-electron chi connectivity index (χ3n) is 2.43. The van der Waals surface area contributed by atoms with Gasteiger partial charge in [-0.1, -0.05) is 13.0 Å². The van der Waals surface area contributed by atoms with Crippen LogP contribution in [0.25, 0.3) is 0 Å². The largest absolute Gasteiger partial charge is 0.478 e. The van der Waals surface area contributed by atoms with Crippen LogP contribution in [0.3, 0.4) is 0 Å². The number of rotatable bonds is 6. The van der Waals surface area contributed by atoms with E-state index < -0.39 is 22.0 Å². The molecule has 6 nitrogen and oxygen atoms in total. The lowest BCUT2D eigenvalue weighted by Gasteiger charge is -2.14. The molecule has 18 heavy (non-hydrogen) atoms. The van der Waals surface area contributed by atoms with E-state index in [1.54, 1.807) is 6.92 Å². The number of benzene rings is 1. The smallest absolute Gasteiger partial charge is 0.335 e. The minimum atomic E-state index is -3.81. The van der Waals surface area contributed by atoms with Gasteiger partial charge in [0.05, 0.1) is 17.1 Å². The molecule has 1 rings (SSSR count). The van der Waals surface area contributed by atoms with Gasteiger partial charge in [-0.05, 0) is 24.6 Å². The molecule has 1 unspecified atom stereocenters. The molecule has 0 aromatic heterocycles. The van der Waals surface area contributed by atoms with E-state index >= 15 is 0 Å². The average molecular weight is 273 g/mol. The highest BCUT2D eigenvalue weighted by atomic mass is 32.2. The van der Waals surface area contributed by atoms with Crippen molar-refractivity contribution in [3.8, 4) is 0 Å². The molecule has 0 saturated heterocycles. The van der Waals surface area contributed by atoms with E-state index in [1.807, 2.05) is 0 Å². The fraction of sp³-hybridized carbons (Fsp3) is 0.364. The van der Waals surface area contributed by atoms with Crippen molar-refractivity contribution in [2.24, 2.45) is 0 Å². The molecule has 1 aromatic rings. The minimum Gasteiger partial charge on any atom is -0.478 e. The summed E-state index contributed by atoms with van der Waals surface area (Å²) in [7, 11) is -3.81. The lowest BCUT2D eigenvalue weighted by molar-refractivity contribution is 0.0696. The zero-order valence-electron chi connectivity index (χ0n) is 9.83. The molecule has 0 aliphatic heterocycles. The van der Waals surface area contributed by atoms with Crippen molar-refractivity contribution < 1.29 is 23.4 Å². The molecular formula is C11H15NO5S. The number of carbonyl (C=O) groups is 1. The van der Waals surface area contributed by atoms with E-state index in [-0.39, 0.29) is 17.1 Å². The third kappa shape index (κ3) is 3.52. The summed E-state index contributed by atoms with van der Waals surface area (Å²) in [5, 5.41) is 17.8. The van der Waals surface area contributed by atoms with Crippen molar-refractivity contribution in [2.75, 3.05) is 6.61 Å². The maximum Gasteiger partial charge on any atom is 0.335 e. The molecule has 0 spiro atoms. The van der Waals surface area contributed by atoms with Crippen molar-refractivity contribution in [3.63, 3.8) is 0 Å². The van der Waals surface area contributed by atoms with Gasteiger partial charge in [0.2, 0.25) is 10.0 Å². The molecule has 1 aromatic carbocycles. The molecule has 0 fully saturated rings. The molecule has 0 amide bonds. The predicted octanol–water partition coefficient (Wildman–Crippen LogP) is 0.434. The number of aliphatic hydroxyl groups excluding tert-OH is 1. The third-order valence-corrected chi connectivity index (χ3v) is 3.94. The second kappa shape index (κ2) is 5.94. The number of carboxylic acids is 1. The molecule has 0 bridgehead atoms. The molecule has 1 atom stereocenters. The molecule has 3 N–H and O–H groups in total. The number of nitrogens with one attached hydrogen (secondary N) is 1. The Labute approximate surface area is 105 Å². The molecule has 7 heteroatoms. The first kappa shape index (κ1) is 14.6. The van der Waals surface area contributed by atoms with Gasteiger partial charge in [-0.2, -0.15) is 0 Å². The Hall–Kier alpha value is -1.44. The first-order chi connectivity index (χ1) is 8.40. The second-order valence-electron chi connectivity index (χ2n) is 3.74. The SMILES string of the molecule is CCC(CO)NS(=O)(=O)c1cccc(C(=O)O)c1. The fourth-order valence-electron chi connectivity index (χ4n) is 1.33. The average Bonchev–Trinajstić information content (AvgIpc) is 2.36. The lowest BCUT2D eigenvalue weighted by atomic mass is 10.2. The van der Waals surface area contributed by atoms with Crippen LogP contribution in [0.15, 0.2) is 29.2 Å². The van der Waals surface area contributed by atoms with E-state index in [2.05, 4.69) is 4.72 Å². The fourth-order valence-corrected chi connectivity index (χ4v) is 2.69. The van der Waals surface area contributed by atoms with Gasteiger partial charge in [-0.25, -0.2) is 17.9 Å². The topological polar surface area (TPSA) is 104 Å². The molecule has 0 radical (unpaired) electrons. The quantitative estimate of drug-likeness (QED) is 0.697.